The van der Waals surface area contributed by atoms with Crippen molar-refractivity contribution in [2.75, 3.05) is 23.0 Å². The Balaban J connectivity index is 1.81. The molecule has 0 unspecified atom stereocenters. The van der Waals surface area contributed by atoms with Crippen LogP contribution in [-0.4, -0.2) is 44.3 Å². The molecule has 0 bridgehead atoms. The van der Waals surface area contributed by atoms with Gasteiger partial charge in [-0.15, -0.1) is 0 Å². The number of carbonyl (C=O) groups excluding carboxylic acids is 2. The van der Waals surface area contributed by atoms with Crippen LogP contribution in [0.4, 0.5) is 5.69 Å². The van der Waals surface area contributed by atoms with Gasteiger partial charge in [0.25, 0.3) is 5.91 Å². The summed E-state index contributed by atoms with van der Waals surface area (Å²) in [6.07, 6.45) is 0.396. The SMILES string of the molecule is CC(=O)c1ccccc1OCC(=O)N(c1ccccc1)[C@H]1CCS(=O)(=O)C1. The van der Waals surface area contributed by atoms with Crippen molar-refractivity contribution in [2.24, 2.45) is 0 Å². The molecule has 0 saturated carbocycles. The lowest BCUT2D eigenvalue weighted by Crippen LogP contribution is -2.43. The summed E-state index contributed by atoms with van der Waals surface area (Å²) in [6, 6.07) is 15.3. The standard InChI is InChI=1S/C20H21NO5S/c1-15(22)18-9-5-6-10-19(18)26-13-20(23)21(16-7-3-2-4-8-16)17-11-12-27(24,25)14-17/h2-10,17H,11-14H2,1H3/t17-/m0/s1. The van der Waals surface area contributed by atoms with Gasteiger partial charge in [0.05, 0.1) is 23.1 Å². The normalized spacial score (nSPS) is 18.0. The molecule has 27 heavy (non-hydrogen) atoms. The highest BCUT2D eigenvalue weighted by Crippen LogP contribution is 2.25. The summed E-state index contributed by atoms with van der Waals surface area (Å²) < 4.78 is 29.4. The van der Waals surface area contributed by atoms with Crippen LogP contribution >= 0.6 is 0 Å². The van der Waals surface area contributed by atoms with Crippen LogP contribution in [0.3, 0.4) is 0 Å². The third kappa shape index (κ3) is 4.54. The van der Waals surface area contributed by atoms with E-state index in [1.165, 1.54) is 11.8 Å². The number of amides is 1. The maximum atomic E-state index is 12.9. The molecule has 1 saturated heterocycles. The van der Waals surface area contributed by atoms with Crippen LogP contribution in [-0.2, 0) is 14.6 Å². The van der Waals surface area contributed by atoms with E-state index in [0.29, 0.717) is 23.4 Å². The first-order chi connectivity index (χ1) is 12.9. The van der Waals surface area contributed by atoms with E-state index in [-0.39, 0.29) is 29.8 Å². The summed E-state index contributed by atoms with van der Waals surface area (Å²) >= 11 is 0. The van der Waals surface area contributed by atoms with Gasteiger partial charge in [0.2, 0.25) is 0 Å². The Labute approximate surface area is 158 Å². The fraction of sp³-hybridized carbons (Fsp3) is 0.300. The number of anilines is 1. The average molecular weight is 387 g/mol. The van der Waals surface area contributed by atoms with Gasteiger partial charge >= 0.3 is 0 Å². The second-order valence-corrected chi connectivity index (χ2v) is 8.73. The van der Waals surface area contributed by atoms with Crippen molar-refractivity contribution >= 4 is 27.2 Å². The van der Waals surface area contributed by atoms with Gasteiger partial charge in [-0.25, -0.2) is 8.42 Å². The Morgan fingerprint density at radius 3 is 2.37 bits per heavy atom. The first-order valence-electron chi connectivity index (χ1n) is 8.68. The van der Waals surface area contributed by atoms with Crippen LogP contribution in [0, 0.1) is 0 Å². The quantitative estimate of drug-likeness (QED) is 0.712. The molecule has 2 aromatic rings. The number of para-hydroxylation sites is 2. The molecular formula is C20H21NO5S. The zero-order chi connectivity index (χ0) is 19.4. The Kier molecular flexibility index (Phi) is 5.60. The Bertz CT molecular complexity index is 940. The molecule has 0 radical (unpaired) electrons. The summed E-state index contributed by atoms with van der Waals surface area (Å²) in [5.74, 6) is -0.146. The van der Waals surface area contributed by atoms with Crippen LogP contribution in [0.25, 0.3) is 0 Å². The van der Waals surface area contributed by atoms with Gasteiger partial charge in [0, 0.05) is 5.69 Å². The maximum Gasteiger partial charge on any atom is 0.265 e. The third-order valence-electron chi connectivity index (χ3n) is 4.49. The fourth-order valence-electron chi connectivity index (χ4n) is 3.22. The van der Waals surface area contributed by atoms with Crippen molar-refractivity contribution in [3.63, 3.8) is 0 Å². The van der Waals surface area contributed by atoms with Crippen LogP contribution < -0.4 is 9.64 Å². The molecule has 7 heteroatoms. The highest BCUT2D eigenvalue weighted by Gasteiger charge is 2.35. The molecule has 1 aliphatic rings. The maximum absolute atomic E-state index is 12.9. The van der Waals surface area contributed by atoms with Gasteiger partial charge in [-0.3, -0.25) is 9.59 Å². The molecular weight excluding hydrogens is 366 g/mol. The van der Waals surface area contributed by atoms with Crippen molar-refractivity contribution in [2.45, 2.75) is 19.4 Å². The van der Waals surface area contributed by atoms with Crippen molar-refractivity contribution in [1.29, 1.82) is 0 Å². The van der Waals surface area contributed by atoms with Crippen molar-refractivity contribution in [1.82, 2.24) is 0 Å². The largest absolute Gasteiger partial charge is 0.483 e. The Morgan fingerprint density at radius 2 is 1.74 bits per heavy atom. The number of carbonyl (C=O) groups is 2. The van der Waals surface area contributed by atoms with Crippen molar-refractivity contribution < 1.29 is 22.7 Å². The van der Waals surface area contributed by atoms with Gasteiger partial charge in [0.15, 0.2) is 22.2 Å². The van der Waals surface area contributed by atoms with E-state index in [1.807, 2.05) is 6.07 Å². The first-order valence-corrected chi connectivity index (χ1v) is 10.5. The molecule has 0 aliphatic carbocycles. The van der Waals surface area contributed by atoms with Gasteiger partial charge in [-0.05, 0) is 37.6 Å². The first kappa shape index (κ1) is 19.1. The summed E-state index contributed by atoms with van der Waals surface area (Å²) in [7, 11) is -3.15. The van der Waals surface area contributed by atoms with Crippen LogP contribution in [0.15, 0.2) is 54.6 Å². The molecule has 2 aromatic carbocycles. The van der Waals surface area contributed by atoms with Crippen LogP contribution in [0.2, 0.25) is 0 Å². The zero-order valence-electron chi connectivity index (χ0n) is 15.0. The van der Waals surface area contributed by atoms with E-state index < -0.39 is 15.9 Å². The fourth-order valence-corrected chi connectivity index (χ4v) is 4.92. The number of hydrogen-bond acceptors (Lipinski definition) is 5. The van der Waals surface area contributed by atoms with E-state index in [1.54, 1.807) is 48.5 Å². The molecule has 0 aromatic heterocycles. The number of benzene rings is 2. The van der Waals surface area contributed by atoms with E-state index in [0.717, 1.165) is 0 Å². The minimum absolute atomic E-state index is 0.0579. The molecule has 3 rings (SSSR count). The number of hydrogen-bond donors (Lipinski definition) is 0. The minimum atomic E-state index is -3.15. The number of nitrogens with zero attached hydrogens (tertiary/aromatic N) is 1. The van der Waals surface area contributed by atoms with Gasteiger partial charge < -0.3 is 9.64 Å². The molecule has 1 amide bonds. The molecule has 1 fully saturated rings. The average Bonchev–Trinajstić information content (AvgIpc) is 3.00. The van der Waals surface area contributed by atoms with Crippen LogP contribution in [0.5, 0.6) is 5.75 Å². The number of rotatable bonds is 6. The Morgan fingerprint density at radius 1 is 1.07 bits per heavy atom. The van der Waals surface area contributed by atoms with E-state index in [2.05, 4.69) is 0 Å². The minimum Gasteiger partial charge on any atom is -0.483 e. The summed E-state index contributed by atoms with van der Waals surface area (Å²) in [5.41, 5.74) is 1.04. The van der Waals surface area contributed by atoms with Crippen LogP contribution in [0.1, 0.15) is 23.7 Å². The Hall–Kier alpha value is -2.67. The number of ether oxygens (including phenoxy) is 1. The molecule has 1 atom stereocenters. The topological polar surface area (TPSA) is 80.8 Å². The summed E-state index contributed by atoms with van der Waals surface area (Å²) in [4.78, 5) is 26.1. The lowest BCUT2D eigenvalue weighted by molar-refractivity contribution is -0.121. The molecule has 1 aliphatic heterocycles. The number of ketones is 1. The lowest BCUT2D eigenvalue weighted by Gasteiger charge is -2.28. The smallest absolute Gasteiger partial charge is 0.265 e. The molecule has 0 N–H and O–H groups in total. The van der Waals surface area contributed by atoms with Gasteiger partial charge in [-0.2, -0.15) is 0 Å². The molecule has 6 nitrogen and oxygen atoms in total. The highest BCUT2D eigenvalue weighted by atomic mass is 32.2. The predicted octanol–water partition coefficient (Wildman–Crippen LogP) is 2.49. The number of sulfone groups is 1. The summed E-state index contributed by atoms with van der Waals surface area (Å²) in [6.45, 7) is 1.15. The highest BCUT2D eigenvalue weighted by molar-refractivity contribution is 7.91. The molecule has 142 valence electrons. The molecule has 0 spiro atoms. The lowest BCUT2D eigenvalue weighted by atomic mass is 10.1. The van der Waals surface area contributed by atoms with E-state index in [4.69, 9.17) is 4.74 Å². The zero-order valence-corrected chi connectivity index (χ0v) is 15.8. The second kappa shape index (κ2) is 7.92. The number of Topliss-reactive ketones (excluding diaryl/α,β-unsaturated/α-hetero) is 1. The van der Waals surface area contributed by atoms with Crippen molar-refractivity contribution in [3.8, 4) is 5.75 Å². The molecule has 1 heterocycles. The van der Waals surface area contributed by atoms with E-state index in [9.17, 15) is 18.0 Å². The predicted molar refractivity (Wildman–Crippen MR) is 103 cm³/mol. The van der Waals surface area contributed by atoms with Gasteiger partial charge in [-0.1, -0.05) is 30.3 Å². The van der Waals surface area contributed by atoms with Crippen molar-refractivity contribution in [3.05, 3.63) is 60.2 Å². The third-order valence-corrected chi connectivity index (χ3v) is 6.24. The van der Waals surface area contributed by atoms with Gasteiger partial charge in [0.1, 0.15) is 5.75 Å². The summed E-state index contributed by atoms with van der Waals surface area (Å²) in [5, 5.41) is 0. The monoisotopic (exact) mass is 387 g/mol. The van der Waals surface area contributed by atoms with E-state index >= 15 is 0 Å². The second-order valence-electron chi connectivity index (χ2n) is 6.50.